The number of primary amides is 1. The first-order valence-corrected chi connectivity index (χ1v) is 17.8. The fourth-order valence-corrected chi connectivity index (χ4v) is 8.25. The van der Waals surface area contributed by atoms with Gasteiger partial charge in [-0.25, -0.2) is 9.78 Å². The van der Waals surface area contributed by atoms with Gasteiger partial charge in [-0.3, -0.25) is 9.59 Å². The number of amides is 3. The van der Waals surface area contributed by atoms with Gasteiger partial charge >= 0.3 is 6.09 Å². The van der Waals surface area contributed by atoms with Gasteiger partial charge in [0.15, 0.2) is 5.01 Å². The third kappa shape index (κ3) is 7.21. The number of nitrogens with zero attached hydrogens (tertiary/aromatic N) is 4. The van der Waals surface area contributed by atoms with Crippen molar-refractivity contribution in [3.8, 4) is 22.2 Å². The number of likely N-dealkylation sites (tertiary alicyclic amines) is 1. The van der Waals surface area contributed by atoms with Crippen molar-refractivity contribution in [2.75, 3.05) is 19.0 Å². The Morgan fingerprint density at radius 2 is 1.80 bits per heavy atom. The minimum atomic E-state index is -0.971. The third-order valence-corrected chi connectivity index (χ3v) is 11.0. The first kappa shape index (κ1) is 34.9. The molecule has 6 rings (SSSR count). The predicted molar refractivity (Wildman–Crippen MR) is 187 cm³/mol. The molecule has 49 heavy (non-hydrogen) atoms. The molecule has 3 amide bonds. The van der Waals surface area contributed by atoms with Gasteiger partial charge in [0.05, 0.1) is 19.2 Å². The molecule has 2 saturated carbocycles. The second-order valence-corrected chi connectivity index (χ2v) is 16.1. The zero-order chi connectivity index (χ0) is 35.4. The zero-order valence-electron chi connectivity index (χ0n) is 28.8. The van der Waals surface area contributed by atoms with E-state index in [1.807, 2.05) is 34.6 Å². The van der Waals surface area contributed by atoms with Crippen molar-refractivity contribution in [1.29, 1.82) is 0 Å². The topological polar surface area (TPSA) is 171 Å². The molecular formula is C34H44ClN7O6S. The van der Waals surface area contributed by atoms with E-state index in [1.165, 1.54) is 23.3 Å². The Morgan fingerprint density at radius 3 is 2.43 bits per heavy atom. The highest BCUT2D eigenvalue weighted by Crippen LogP contribution is 2.57. The number of pyridine rings is 1. The highest BCUT2D eigenvalue weighted by Gasteiger charge is 2.54. The number of rotatable bonds is 10. The molecule has 2 aliphatic carbocycles. The van der Waals surface area contributed by atoms with Gasteiger partial charge < -0.3 is 35.5 Å². The molecule has 7 atom stereocenters. The van der Waals surface area contributed by atoms with Crippen LogP contribution in [0.4, 0.5) is 9.93 Å². The molecule has 264 valence electrons. The molecule has 0 spiro atoms. The molecule has 0 bridgehead atoms. The van der Waals surface area contributed by atoms with Crippen molar-refractivity contribution in [2.24, 2.45) is 28.9 Å². The van der Waals surface area contributed by atoms with Crippen LogP contribution in [-0.4, -0.2) is 82.0 Å². The van der Waals surface area contributed by atoms with E-state index in [1.54, 1.807) is 18.2 Å². The van der Waals surface area contributed by atoms with Gasteiger partial charge in [0.2, 0.25) is 16.9 Å². The molecule has 3 aliphatic rings. The molecule has 3 aromatic rings. The third-order valence-electron chi connectivity index (χ3n) is 9.77. The van der Waals surface area contributed by atoms with Gasteiger partial charge in [-0.15, -0.1) is 10.2 Å². The maximum absolute atomic E-state index is 14.2. The molecule has 2 aromatic heterocycles. The van der Waals surface area contributed by atoms with Crippen LogP contribution in [0.2, 0.25) is 5.02 Å². The van der Waals surface area contributed by atoms with Crippen LogP contribution in [-0.2, 0) is 14.3 Å². The van der Waals surface area contributed by atoms with E-state index < -0.39 is 41.5 Å². The molecule has 1 aromatic carbocycles. The molecular weight excluding hydrogens is 670 g/mol. The SMILES string of the molecule is COc1ccc2c(OC3C[C@@H](C(N)=O)N(C(=O)[C@@H](NC(=O)OC4C[C@@H]5C(C)[C@@H]5C4)C(C)(C)C)C3)cc(-c3nnc(NC(C)C)s3)nc2c1Cl. The van der Waals surface area contributed by atoms with Crippen LogP contribution in [0, 0.1) is 23.2 Å². The highest BCUT2D eigenvalue weighted by atomic mass is 35.5. The van der Waals surface area contributed by atoms with Crippen LogP contribution in [0.5, 0.6) is 11.5 Å². The van der Waals surface area contributed by atoms with Gasteiger partial charge in [0, 0.05) is 23.9 Å². The fourth-order valence-electron chi connectivity index (χ4n) is 7.11. The van der Waals surface area contributed by atoms with Gasteiger partial charge in [-0.1, -0.05) is 50.6 Å². The molecule has 1 aliphatic heterocycles. The largest absolute Gasteiger partial charge is 0.495 e. The lowest BCUT2D eigenvalue weighted by molar-refractivity contribution is -0.141. The number of aromatic nitrogens is 3. The van der Waals surface area contributed by atoms with E-state index in [0.29, 0.717) is 61.0 Å². The van der Waals surface area contributed by atoms with Crippen molar-refractivity contribution in [1.82, 2.24) is 25.4 Å². The van der Waals surface area contributed by atoms with E-state index in [-0.39, 0.29) is 25.1 Å². The summed E-state index contributed by atoms with van der Waals surface area (Å²) < 4.78 is 17.7. The molecule has 13 nitrogen and oxygen atoms in total. The van der Waals surface area contributed by atoms with E-state index in [4.69, 9.17) is 36.5 Å². The zero-order valence-corrected chi connectivity index (χ0v) is 30.4. The van der Waals surface area contributed by atoms with Crippen LogP contribution >= 0.6 is 22.9 Å². The Balaban J connectivity index is 1.25. The lowest BCUT2D eigenvalue weighted by Gasteiger charge is -2.35. The molecule has 3 heterocycles. The summed E-state index contributed by atoms with van der Waals surface area (Å²) in [5, 5.41) is 16.7. The number of carbonyl (C=O) groups excluding carboxylic acids is 3. The molecule has 3 unspecified atom stereocenters. The normalized spacial score (nSPS) is 25.2. The number of fused-ring (bicyclic) bond motifs is 2. The quantitative estimate of drug-likeness (QED) is 0.252. The first-order chi connectivity index (χ1) is 23.1. The average molecular weight is 714 g/mol. The number of hydrogen-bond acceptors (Lipinski definition) is 11. The summed E-state index contributed by atoms with van der Waals surface area (Å²) in [4.78, 5) is 46.1. The van der Waals surface area contributed by atoms with E-state index in [9.17, 15) is 14.4 Å². The summed E-state index contributed by atoms with van der Waals surface area (Å²) in [6, 6.07) is 3.50. The Kier molecular flexibility index (Phi) is 9.57. The van der Waals surface area contributed by atoms with Crippen LogP contribution in [0.25, 0.3) is 21.6 Å². The summed E-state index contributed by atoms with van der Waals surface area (Å²) in [6.07, 6.45) is 0.433. The van der Waals surface area contributed by atoms with Crippen molar-refractivity contribution in [3.05, 3.63) is 23.2 Å². The maximum atomic E-state index is 14.2. The molecule has 4 N–H and O–H groups in total. The van der Waals surface area contributed by atoms with E-state index >= 15 is 0 Å². The summed E-state index contributed by atoms with van der Waals surface area (Å²) in [6.45, 7) is 11.9. The smallest absolute Gasteiger partial charge is 0.408 e. The lowest BCUT2D eigenvalue weighted by atomic mass is 9.85. The Morgan fingerprint density at radius 1 is 1.08 bits per heavy atom. The Hall–Kier alpha value is -3.91. The van der Waals surface area contributed by atoms with Crippen LogP contribution < -0.4 is 25.8 Å². The van der Waals surface area contributed by atoms with Crippen molar-refractivity contribution >= 4 is 56.9 Å². The predicted octanol–water partition coefficient (Wildman–Crippen LogP) is 5.25. The highest BCUT2D eigenvalue weighted by molar-refractivity contribution is 7.18. The number of nitrogens with one attached hydrogen (secondary N) is 2. The standard InChI is InChI=1S/C34H44ClN7O6S/c1-15(2)37-32-41-40-30(49-32)22-13-25(19-8-9-24(46-7)26(35)27(19)38-22)47-18-12-23(29(36)43)42(14-18)31(44)28(34(4,5)6)39-33(45)48-17-10-20-16(3)21(20)11-17/h8-9,13,15-18,20-21,23,28H,10-12,14H2,1-7H3,(H2,36,43)(H,37,41)(H,39,45)/t16?,17?,18?,20-,21+,23-,28+/m0/s1. The number of carbonyl (C=O) groups is 3. The number of benzene rings is 1. The number of alkyl carbamates (subject to hydrolysis) is 1. The summed E-state index contributed by atoms with van der Waals surface area (Å²) >= 11 is 8.07. The second kappa shape index (κ2) is 13.4. The van der Waals surface area contributed by atoms with Crippen molar-refractivity contribution < 1.29 is 28.6 Å². The molecule has 0 radical (unpaired) electrons. The second-order valence-electron chi connectivity index (χ2n) is 14.7. The van der Waals surface area contributed by atoms with Crippen LogP contribution in [0.1, 0.15) is 60.8 Å². The Labute approximate surface area is 294 Å². The minimum absolute atomic E-state index is 0.0594. The minimum Gasteiger partial charge on any atom is -0.495 e. The van der Waals surface area contributed by atoms with E-state index in [2.05, 4.69) is 27.8 Å². The fraction of sp³-hybridized carbons (Fsp3) is 0.588. The number of hydrogen-bond donors (Lipinski definition) is 3. The van der Waals surface area contributed by atoms with Crippen molar-refractivity contribution in [2.45, 2.75) is 91.1 Å². The van der Waals surface area contributed by atoms with Crippen LogP contribution in [0.3, 0.4) is 0 Å². The van der Waals surface area contributed by atoms with Gasteiger partial charge in [0.1, 0.15) is 46.5 Å². The van der Waals surface area contributed by atoms with Gasteiger partial charge in [0.25, 0.3) is 0 Å². The van der Waals surface area contributed by atoms with E-state index in [0.717, 1.165) is 12.8 Å². The number of halogens is 1. The average Bonchev–Trinajstić information content (AvgIpc) is 3.52. The summed E-state index contributed by atoms with van der Waals surface area (Å²) in [5.41, 5.74) is 6.07. The van der Waals surface area contributed by atoms with Gasteiger partial charge in [-0.2, -0.15) is 0 Å². The number of ether oxygens (including phenoxy) is 3. The molecule has 15 heteroatoms. The lowest BCUT2D eigenvalue weighted by Crippen LogP contribution is -2.57. The first-order valence-electron chi connectivity index (χ1n) is 16.7. The number of methoxy groups -OCH3 is 1. The Bertz CT molecular complexity index is 1750. The van der Waals surface area contributed by atoms with Crippen molar-refractivity contribution in [3.63, 3.8) is 0 Å². The monoisotopic (exact) mass is 713 g/mol. The summed E-state index contributed by atoms with van der Waals surface area (Å²) in [5.74, 6) is 1.67. The maximum Gasteiger partial charge on any atom is 0.408 e. The van der Waals surface area contributed by atoms with Gasteiger partial charge in [-0.05, 0) is 62.0 Å². The number of anilines is 1. The molecule has 3 fully saturated rings. The van der Waals surface area contributed by atoms with Crippen LogP contribution in [0.15, 0.2) is 18.2 Å². The number of nitrogens with two attached hydrogens (primary N) is 1. The molecule has 1 saturated heterocycles. The summed E-state index contributed by atoms with van der Waals surface area (Å²) in [7, 11) is 1.52.